The molecule has 0 radical (unpaired) electrons. The van der Waals surface area contributed by atoms with Gasteiger partial charge in [0, 0.05) is 16.3 Å². The summed E-state index contributed by atoms with van der Waals surface area (Å²) in [6.45, 7) is 1.91. The van der Waals surface area contributed by atoms with E-state index >= 15 is 0 Å². The number of nitrogens with zero attached hydrogens (tertiary/aromatic N) is 1. The highest BCUT2D eigenvalue weighted by molar-refractivity contribution is 6.40. The van der Waals surface area contributed by atoms with Crippen LogP contribution in [0.25, 0.3) is 0 Å². The number of carbonyl (C=O) groups is 3. The van der Waals surface area contributed by atoms with Gasteiger partial charge in [-0.05, 0) is 42.8 Å². The van der Waals surface area contributed by atoms with Crippen molar-refractivity contribution in [3.63, 3.8) is 0 Å². The van der Waals surface area contributed by atoms with Gasteiger partial charge in [-0.3, -0.25) is 14.4 Å². The zero-order chi connectivity index (χ0) is 22.2. The molecule has 0 spiro atoms. The summed E-state index contributed by atoms with van der Waals surface area (Å²) >= 11 is 6.00. The van der Waals surface area contributed by atoms with Crippen LogP contribution >= 0.6 is 11.6 Å². The number of carbonyl (C=O) groups excluding carboxylic acids is 3. The summed E-state index contributed by atoms with van der Waals surface area (Å²) in [6.07, 6.45) is 1.33. The van der Waals surface area contributed by atoms with Gasteiger partial charge in [0.25, 0.3) is 5.91 Å². The highest BCUT2D eigenvalue weighted by Gasteiger charge is 2.17. The number of hydrogen-bond donors (Lipinski definition) is 3. The molecular weight excluding hydrogens is 416 g/mol. The lowest BCUT2D eigenvalue weighted by molar-refractivity contribution is -0.136. The summed E-state index contributed by atoms with van der Waals surface area (Å²) in [5.41, 5.74) is 4.75. The Bertz CT molecular complexity index is 1160. The maximum absolute atomic E-state index is 12.7. The summed E-state index contributed by atoms with van der Waals surface area (Å²) in [7, 11) is 0. The standard InChI is InChI=1S/C23H19ClN4O3/c1-15-7-6-9-17(13-15)26-21(29)18-10-3-5-12-20(18)27-22(30)23(31)28-25-14-16-8-2-4-11-19(16)24/h2-14H,1H3,(H,26,29)(H,27,30)(H,28,31)/b25-14+. The van der Waals surface area contributed by atoms with Crippen LogP contribution in [0.5, 0.6) is 0 Å². The van der Waals surface area contributed by atoms with Crippen molar-refractivity contribution in [1.29, 1.82) is 0 Å². The van der Waals surface area contributed by atoms with Crippen molar-refractivity contribution in [1.82, 2.24) is 5.43 Å². The molecule has 3 rings (SSSR count). The molecule has 7 nitrogen and oxygen atoms in total. The fraction of sp³-hybridized carbons (Fsp3) is 0.0435. The average molecular weight is 435 g/mol. The van der Waals surface area contributed by atoms with Crippen LogP contribution in [0.15, 0.2) is 77.9 Å². The molecule has 0 fully saturated rings. The van der Waals surface area contributed by atoms with Crippen LogP contribution in [0.3, 0.4) is 0 Å². The molecule has 3 N–H and O–H groups in total. The van der Waals surface area contributed by atoms with E-state index in [0.717, 1.165) is 5.56 Å². The molecule has 0 atom stereocenters. The van der Waals surface area contributed by atoms with Crippen LogP contribution in [0.2, 0.25) is 5.02 Å². The van der Waals surface area contributed by atoms with Crippen LogP contribution in [0.1, 0.15) is 21.5 Å². The van der Waals surface area contributed by atoms with E-state index in [0.29, 0.717) is 16.3 Å². The molecule has 0 aliphatic rings. The second-order valence-electron chi connectivity index (χ2n) is 6.54. The third-order valence-corrected chi connectivity index (χ3v) is 4.52. The molecule has 3 amide bonds. The molecule has 0 saturated heterocycles. The Morgan fingerprint density at radius 1 is 0.871 bits per heavy atom. The molecule has 156 valence electrons. The molecule has 0 bridgehead atoms. The fourth-order valence-corrected chi connectivity index (χ4v) is 2.87. The van der Waals surface area contributed by atoms with Crippen molar-refractivity contribution in [3.05, 3.63) is 94.5 Å². The number of nitrogens with one attached hydrogen (secondary N) is 3. The molecule has 0 aliphatic heterocycles. The summed E-state index contributed by atoms with van der Waals surface area (Å²) < 4.78 is 0. The number of benzene rings is 3. The predicted octanol–water partition coefficient (Wildman–Crippen LogP) is 3.99. The van der Waals surface area contributed by atoms with Gasteiger partial charge < -0.3 is 10.6 Å². The van der Waals surface area contributed by atoms with Crippen molar-refractivity contribution in [3.8, 4) is 0 Å². The van der Waals surface area contributed by atoms with Crippen molar-refractivity contribution in [2.45, 2.75) is 6.92 Å². The first-order valence-electron chi connectivity index (χ1n) is 9.30. The number of aryl methyl sites for hydroxylation is 1. The number of rotatable bonds is 5. The smallest absolute Gasteiger partial charge is 0.322 e. The van der Waals surface area contributed by atoms with Gasteiger partial charge >= 0.3 is 11.8 Å². The lowest BCUT2D eigenvalue weighted by atomic mass is 10.1. The van der Waals surface area contributed by atoms with Crippen molar-refractivity contribution in [2.75, 3.05) is 10.6 Å². The Morgan fingerprint density at radius 3 is 2.39 bits per heavy atom. The lowest BCUT2D eigenvalue weighted by Gasteiger charge is -2.11. The minimum absolute atomic E-state index is 0.197. The topological polar surface area (TPSA) is 99.7 Å². The normalized spacial score (nSPS) is 10.5. The van der Waals surface area contributed by atoms with E-state index in [-0.39, 0.29) is 11.3 Å². The van der Waals surface area contributed by atoms with Crippen molar-refractivity contribution < 1.29 is 14.4 Å². The first-order chi connectivity index (χ1) is 14.9. The molecule has 0 unspecified atom stereocenters. The summed E-state index contributed by atoms with van der Waals surface area (Å²) in [5, 5.41) is 9.40. The maximum atomic E-state index is 12.7. The van der Waals surface area contributed by atoms with Crippen LogP contribution in [-0.2, 0) is 9.59 Å². The van der Waals surface area contributed by atoms with Gasteiger partial charge in [-0.2, -0.15) is 5.10 Å². The van der Waals surface area contributed by atoms with E-state index in [9.17, 15) is 14.4 Å². The molecular formula is C23H19ClN4O3. The molecule has 0 aromatic heterocycles. The van der Waals surface area contributed by atoms with E-state index in [1.54, 1.807) is 48.5 Å². The predicted molar refractivity (Wildman–Crippen MR) is 121 cm³/mol. The second kappa shape index (κ2) is 10.2. The first-order valence-corrected chi connectivity index (χ1v) is 9.68. The Morgan fingerprint density at radius 2 is 1.61 bits per heavy atom. The summed E-state index contributed by atoms with van der Waals surface area (Å²) in [6, 6.07) is 20.6. The zero-order valence-corrected chi connectivity index (χ0v) is 17.3. The molecule has 0 saturated carbocycles. The van der Waals surface area contributed by atoms with E-state index in [4.69, 9.17) is 11.6 Å². The van der Waals surface area contributed by atoms with E-state index in [1.807, 2.05) is 25.1 Å². The monoisotopic (exact) mass is 434 g/mol. The van der Waals surface area contributed by atoms with E-state index in [2.05, 4.69) is 21.2 Å². The van der Waals surface area contributed by atoms with Crippen LogP contribution in [-0.4, -0.2) is 23.9 Å². The number of hydrazone groups is 1. The average Bonchev–Trinajstić information content (AvgIpc) is 2.75. The van der Waals surface area contributed by atoms with Gasteiger partial charge in [0.2, 0.25) is 0 Å². The minimum Gasteiger partial charge on any atom is -0.322 e. The molecule has 0 heterocycles. The van der Waals surface area contributed by atoms with Crippen LogP contribution in [0.4, 0.5) is 11.4 Å². The lowest BCUT2D eigenvalue weighted by Crippen LogP contribution is -2.33. The highest BCUT2D eigenvalue weighted by atomic mass is 35.5. The number of para-hydroxylation sites is 1. The summed E-state index contributed by atoms with van der Waals surface area (Å²) in [5.74, 6) is -2.37. The molecule has 31 heavy (non-hydrogen) atoms. The Hall–Kier alpha value is -3.97. The maximum Gasteiger partial charge on any atom is 0.329 e. The SMILES string of the molecule is Cc1cccc(NC(=O)c2ccccc2NC(=O)C(=O)N/N=C/c2ccccc2Cl)c1. The fourth-order valence-electron chi connectivity index (χ4n) is 2.68. The minimum atomic E-state index is -0.989. The Balaban J connectivity index is 1.65. The quantitative estimate of drug-likeness (QED) is 0.321. The van der Waals surface area contributed by atoms with Crippen LogP contribution < -0.4 is 16.1 Å². The van der Waals surface area contributed by atoms with E-state index < -0.39 is 17.7 Å². The van der Waals surface area contributed by atoms with E-state index in [1.165, 1.54) is 12.3 Å². The van der Waals surface area contributed by atoms with Gasteiger partial charge in [-0.25, -0.2) is 5.43 Å². The zero-order valence-electron chi connectivity index (χ0n) is 16.6. The number of halogens is 1. The van der Waals surface area contributed by atoms with Gasteiger partial charge in [0.15, 0.2) is 0 Å². The highest BCUT2D eigenvalue weighted by Crippen LogP contribution is 2.18. The molecule has 3 aromatic rings. The van der Waals surface area contributed by atoms with Gasteiger partial charge in [0.05, 0.1) is 17.5 Å². The third kappa shape index (κ3) is 6.01. The largest absolute Gasteiger partial charge is 0.329 e. The van der Waals surface area contributed by atoms with Crippen LogP contribution in [0, 0.1) is 6.92 Å². The van der Waals surface area contributed by atoms with Crippen molar-refractivity contribution >= 4 is 46.9 Å². The number of hydrogen-bond acceptors (Lipinski definition) is 4. The van der Waals surface area contributed by atoms with Gasteiger partial charge in [-0.15, -0.1) is 0 Å². The van der Waals surface area contributed by atoms with Gasteiger partial charge in [0.1, 0.15) is 0 Å². The molecule has 8 heteroatoms. The second-order valence-corrected chi connectivity index (χ2v) is 6.95. The summed E-state index contributed by atoms with van der Waals surface area (Å²) in [4.78, 5) is 37.0. The van der Waals surface area contributed by atoms with Crippen molar-refractivity contribution in [2.24, 2.45) is 5.10 Å². The number of anilines is 2. The Labute approximate surface area is 184 Å². The Kier molecular flexibility index (Phi) is 7.13. The third-order valence-electron chi connectivity index (χ3n) is 4.18. The first kappa shape index (κ1) is 21.7. The molecule has 0 aliphatic carbocycles. The van der Waals surface area contributed by atoms with Gasteiger partial charge in [-0.1, -0.05) is 54.1 Å². The number of amides is 3. The molecule has 3 aromatic carbocycles.